The molecule has 0 heterocycles. The Hall–Kier alpha value is -2.12. The van der Waals surface area contributed by atoms with Crippen molar-refractivity contribution in [2.24, 2.45) is 0 Å². The van der Waals surface area contributed by atoms with Crippen molar-refractivity contribution in [3.8, 4) is 0 Å². The molecule has 0 radical (unpaired) electrons. The van der Waals surface area contributed by atoms with Gasteiger partial charge in [-0.3, -0.25) is 9.52 Å². The molecule has 0 saturated heterocycles. The third-order valence-electron chi connectivity index (χ3n) is 4.04. The van der Waals surface area contributed by atoms with Crippen LogP contribution < -0.4 is 4.72 Å². The molecule has 146 valence electrons. The number of nitrogens with one attached hydrogen (secondary N) is 1. The number of rotatable bonds is 8. The van der Waals surface area contributed by atoms with E-state index < -0.39 is 15.8 Å². The Bertz CT molecular complexity index is 902. The molecule has 5 nitrogen and oxygen atoms in total. The van der Waals surface area contributed by atoms with Crippen molar-refractivity contribution in [1.29, 1.82) is 0 Å². The normalized spacial score (nSPS) is 11.3. The fourth-order valence-electron chi connectivity index (χ4n) is 2.47. The lowest BCUT2D eigenvalue weighted by atomic mass is 10.1. The minimum atomic E-state index is -3.92. The van der Waals surface area contributed by atoms with Gasteiger partial charge in [-0.05, 0) is 55.8 Å². The van der Waals surface area contributed by atoms with E-state index in [1.807, 2.05) is 6.92 Å². The maximum Gasteiger partial charge on any atom is 0.261 e. The number of halogens is 2. The summed E-state index contributed by atoms with van der Waals surface area (Å²) in [5, 5.41) is -0.273. The number of carbonyl (C=O) groups is 1. The molecule has 0 aromatic heterocycles. The van der Waals surface area contributed by atoms with Crippen LogP contribution in [-0.2, 0) is 10.0 Å². The van der Waals surface area contributed by atoms with E-state index in [-0.39, 0.29) is 15.8 Å². The predicted octanol–water partition coefficient (Wildman–Crippen LogP) is 4.54. The Balaban J connectivity index is 2.14. The number of nitrogens with zero attached hydrogens (tertiary/aromatic N) is 1. The summed E-state index contributed by atoms with van der Waals surface area (Å²) in [6, 6.07) is 9.36. The summed E-state index contributed by atoms with van der Waals surface area (Å²) in [6.07, 6.45) is 1.93. The molecule has 2 rings (SSSR count). The van der Waals surface area contributed by atoms with Crippen molar-refractivity contribution in [3.05, 3.63) is 58.9 Å². The minimum absolute atomic E-state index is 0.0920. The molecule has 27 heavy (non-hydrogen) atoms. The topological polar surface area (TPSA) is 66.5 Å². The van der Waals surface area contributed by atoms with Gasteiger partial charge in [-0.1, -0.05) is 24.9 Å². The maximum atomic E-state index is 13.2. The zero-order valence-electron chi connectivity index (χ0n) is 15.2. The van der Waals surface area contributed by atoms with Crippen LogP contribution in [0.25, 0.3) is 0 Å². The second-order valence-corrected chi connectivity index (χ2v) is 8.09. The summed E-state index contributed by atoms with van der Waals surface area (Å²) in [5.74, 6) is -0.785. The summed E-state index contributed by atoms with van der Waals surface area (Å²) >= 11 is 5.65. The SMILES string of the molecule is CCCCN(CC)C(=O)c1ccc(NS(=O)(=O)c2ccc(F)c(Cl)c2)cc1. The van der Waals surface area contributed by atoms with Crippen LogP contribution in [0.1, 0.15) is 37.0 Å². The molecule has 0 aliphatic rings. The van der Waals surface area contributed by atoms with Crippen LogP contribution in [0, 0.1) is 5.82 Å². The molecule has 2 aromatic rings. The second kappa shape index (κ2) is 9.19. The van der Waals surface area contributed by atoms with Gasteiger partial charge < -0.3 is 4.90 Å². The molecule has 0 bridgehead atoms. The van der Waals surface area contributed by atoms with Crippen molar-refractivity contribution >= 4 is 33.2 Å². The van der Waals surface area contributed by atoms with E-state index in [1.165, 1.54) is 12.1 Å². The minimum Gasteiger partial charge on any atom is -0.339 e. The van der Waals surface area contributed by atoms with Crippen LogP contribution >= 0.6 is 11.6 Å². The van der Waals surface area contributed by atoms with Gasteiger partial charge in [0.1, 0.15) is 5.82 Å². The zero-order valence-corrected chi connectivity index (χ0v) is 16.8. The number of anilines is 1. The van der Waals surface area contributed by atoms with Gasteiger partial charge in [0.15, 0.2) is 0 Å². The molecule has 1 N–H and O–H groups in total. The largest absolute Gasteiger partial charge is 0.339 e. The zero-order chi connectivity index (χ0) is 20.0. The lowest BCUT2D eigenvalue weighted by Gasteiger charge is -2.20. The first kappa shape index (κ1) is 21.2. The van der Waals surface area contributed by atoms with E-state index in [1.54, 1.807) is 17.0 Å². The van der Waals surface area contributed by atoms with Crippen LogP contribution in [0.2, 0.25) is 5.02 Å². The first-order chi connectivity index (χ1) is 12.8. The lowest BCUT2D eigenvalue weighted by molar-refractivity contribution is 0.0762. The third kappa shape index (κ3) is 5.43. The average molecular weight is 413 g/mol. The summed E-state index contributed by atoms with van der Waals surface area (Å²) in [7, 11) is -3.92. The van der Waals surface area contributed by atoms with E-state index in [4.69, 9.17) is 11.6 Å². The van der Waals surface area contributed by atoms with Crippen molar-refractivity contribution in [1.82, 2.24) is 4.90 Å². The van der Waals surface area contributed by atoms with Gasteiger partial charge in [0, 0.05) is 24.3 Å². The summed E-state index contributed by atoms with van der Waals surface area (Å²) in [4.78, 5) is 14.1. The van der Waals surface area contributed by atoms with E-state index in [9.17, 15) is 17.6 Å². The first-order valence-electron chi connectivity index (χ1n) is 8.65. The number of sulfonamides is 1. The molecular formula is C19H22ClFN2O3S. The molecule has 2 aromatic carbocycles. The number of unbranched alkanes of at least 4 members (excludes halogenated alkanes) is 1. The van der Waals surface area contributed by atoms with Crippen LogP contribution in [0.15, 0.2) is 47.4 Å². The van der Waals surface area contributed by atoms with E-state index in [0.29, 0.717) is 24.3 Å². The Morgan fingerprint density at radius 3 is 2.37 bits per heavy atom. The van der Waals surface area contributed by atoms with Crippen molar-refractivity contribution in [3.63, 3.8) is 0 Å². The van der Waals surface area contributed by atoms with Crippen LogP contribution in [0.5, 0.6) is 0 Å². The fraction of sp³-hybridized carbons (Fsp3) is 0.316. The maximum absolute atomic E-state index is 13.2. The Kier molecular flexibility index (Phi) is 7.21. The average Bonchev–Trinajstić information content (AvgIpc) is 2.64. The van der Waals surface area contributed by atoms with E-state index >= 15 is 0 Å². The van der Waals surface area contributed by atoms with Gasteiger partial charge >= 0.3 is 0 Å². The highest BCUT2D eigenvalue weighted by molar-refractivity contribution is 7.92. The summed E-state index contributed by atoms with van der Waals surface area (Å²) in [6.45, 7) is 5.28. The standard InChI is InChI=1S/C19H22ClFN2O3S/c1-3-5-12-23(4-2)19(24)14-6-8-15(9-7-14)22-27(25,26)16-10-11-18(21)17(20)13-16/h6-11,13,22H,3-5,12H2,1-2H3. The Labute approximate surface area is 164 Å². The van der Waals surface area contributed by atoms with Gasteiger partial charge in [-0.25, -0.2) is 12.8 Å². The summed E-state index contributed by atoms with van der Waals surface area (Å²) in [5.41, 5.74) is 0.782. The quantitative estimate of drug-likeness (QED) is 0.692. The highest BCUT2D eigenvalue weighted by Gasteiger charge is 2.17. The number of hydrogen-bond donors (Lipinski definition) is 1. The molecule has 8 heteroatoms. The fourth-order valence-corrected chi connectivity index (χ4v) is 3.80. The summed E-state index contributed by atoms with van der Waals surface area (Å²) < 4.78 is 40.4. The van der Waals surface area contributed by atoms with Gasteiger partial charge in [0.25, 0.3) is 15.9 Å². The molecule has 0 aliphatic heterocycles. The highest BCUT2D eigenvalue weighted by Crippen LogP contribution is 2.22. The molecule has 0 spiro atoms. The number of carbonyl (C=O) groups excluding carboxylic acids is 1. The molecule has 0 fully saturated rings. The van der Waals surface area contributed by atoms with Crippen molar-refractivity contribution in [2.75, 3.05) is 17.8 Å². The predicted molar refractivity (Wildman–Crippen MR) is 105 cm³/mol. The smallest absolute Gasteiger partial charge is 0.261 e. The van der Waals surface area contributed by atoms with Crippen molar-refractivity contribution in [2.45, 2.75) is 31.6 Å². The van der Waals surface area contributed by atoms with Crippen molar-refractivity contribution < 1.29 is 17.6 Å². The monoisotopic (exact) mass is 412 g/mol. The Morgan fingerprint density at radius 1 is 1.15 bits per heavy atom. The number of hydrogen-bond acceptors (Lipinski definition) is 3. The van der Waals surface area contributed by atoms with Gasteiger partial charge in [0.2, 0.25) is 0 Å². The first-order valence-corrected chi connectivity index (χ1v) is 10.5. The molecule has 1 amide bonds. The lowest BCUT2D eigenvalue weighted by Crippen LogP contribution is -2.31. The highest BCUT2D eigenvalue weighted by atomic mass is 35.5. The van der Waals surface area contributed by atoms with Gasteiger partial charge in [0.05, 0.1) is 9.92 Å². The van der Waals surface area contributed by atoms with E-state index in [2.05, 4.69) is 11.6 Å². The number of benzene rings is 2. The number of amides is 1. The van der Waals surface area contributed by atoms with E-state index in [0.717, 1.165) is 31.0 Å². The second-order valence-electron chi connectivity index (χ2n) is 6.00. The molecule has 0 saturated carbocycles. The molecule has 0 aliphatic carbocycles. The van der Waals surface area contributed by atoms with Gasteiger partial charge in [-0.15, -0.1) is 0 Å². The Morgan fingerprint density at radius 2 is 1.81 bits per heavy atom. The third-order valence-corrected chi connectivity index (χ3v) is 5.70. The molecule has 0 unspecified atom stereocenters. The van der Waals surface area contributed by atoms with Crippen LogP contribution in [0.4, 0.5) is 10.1 Å². The van der Waals surface area contributed by atoms with Gasteiger partial charge in [-0.2, -0.15) is 0 Å². The molecule has 0 atom stereocenters. The molecular weight excluding hydrogens is 391 g/mol. The van der Waals surface area contributed by atoms with Crippen LogP contribution in [0.3, 0.4) is 0 Å². The van der Waals surface area contributed by atoms with Crippen LogP contribution in [-0.4, -0.2) is 32.3 Å².